The Hall–Kier alpha value is -3.00. The van der Waals surface area contributed by atoms with E-state index in [-0.39, 0.29) is 37.4 Å². The molecule has 1 aliphatic rings. The molecule has 2 aromatic rings. The minimum Gasteiger partial charge on any atom is -0.466 e. The summed E-state index contributed by atoms with van der Waals surface area (Å²) in [6, 6.07) is 6.71. The molecule has 3 rings (SSSR count). The van der Waals surface area contributed by atoms with Crippen LogP contribution >= 0.6 is 11.3 Å². The summed E-state index contributed by atoms with van der Waals surface area (Å²) in [5.74, 6) is -1.09. The lowest BCUT2D eigenvalue weighted by molar-refractivity contribution is -0.142. The zero-order chi connectivity index (χ0) is 19.4. The third-order valence-corrected chi connectivity index (χ3v) is 5.03. The zero-order valence-corrected chi connectivity index (χ0v) is 15.7. The molecule has 0 aliphatic carbocycles. The van der Waals surface area contributed by atoms with Crippen molar-refractivity contribution in [1.29, 1.82) is 0 Å². The number of nitrogens with zero attached hydrogens (tertiary/aromatic N) is 2. The van der Waals surface area contributed by atoms with Gasteiger partial charge in [-0.15, -0.1) is 17.9 Å². The molecule has 0 bridgehead atoms. The zero-order valence-electron chi connectivity index (χ0n) is 14.9. The summed E-state index contributed by atoms with van der Waals surface area (Å²) in [7, 11) is 0. The average molecular weight is 385 g/mol. The van der Waals surface area contributed by atoms with Crippen LogP contribution < -0.4 is 5.32 Å². The van der Waals surface area contributed by atoms with Crippen molar-refractivity contribution in [3.05, 3.63) is 58.6 Å². The molecule has 2 amide bonds. The number of rotatable bonds is 8. The summed E-state index contributed by atoms with van der Waals surface area (Å²) in [6.45, 7) is 6.19. The highest BCUT2D eigenvalue weighted by Gasteiger charge is 2.36. The molecule has 0 atom stereocenters. The fourth-order valence-corrected chi connectivity index (χ4v) is 3.72. The number of hydrogen-bond donors (Lipinski definition) is 1. The minimum atomic E-state index is -0.375. The predicted molar refractivity (Wildman–Crippen MR) is 102 cm³/mol. The Morgan fingerprint density at radius 1 is 1.30 bits per heavy atom. The Bertz CT molecular complexity index is 871. The second-order valence-corrected chi connectivity index (χ2v) is 6.87. The minimum absolute atomic E-state index is 0.00730. The van der Waals surface area contributed by atoms with Gasteiger partial charge in [-0.25, -0.2) is 4.98 Å². The van der Waals surface area contributed by atoms with Crippen LogP contribution in [0.5, 0.6) is 0 Å². The molecule has 1 aromatic heterocycles. The van der Waals surface area contributed by atoms with Crippen molar-refractivity contribution in [3.8, 4) is 0 Å². The van der Waals surface area contributed by atoms with Gasteiger partial charge in [0.2, 0.25) is 0 Å². The quantitative estimate of drug-likeness (QED) is 0.427. The first-order chi connectivity index (χ1) is 13.0. The van der Waals surface area contributed by atoms with E-state index in [1.165, 1.54) is 11.3 Å². The van der Waals surface area contributed by atoms with Gasteiger partial charge in [0.05, 0.1) is 36.4 Å². The molecule has 1 N–H and O–H groups in total. The number of amides is 2. The van der Waals surface area contributed by atoms with Crippen LogP contribution in [0.3, 0.4) is 0 Å². The number of fused-ring (bicyclic) bond motifs is 1. The van der Waals surface area contributed by atoms with Crippen LogP contribution in [-0.4, -0.2) is 40.8 Å². The summed E-state index contributed by atoms with van der Waals surface area (Å²) in [4.78, 5) is 43.4. The van der Waals surface area contributed by atoms with Gasteiger partial charge in [0.25, 0.3) is 11.8 Å². The van der Waals surface area contributed by atoms with E-state index >= 15 is 0 Å². The van der Waals surface area contributed by atoms with E-state index in [0.717, 1.165) is 4.90 Å². The number of esters is 1. The summed E-state index contributed by atoms with van der Waals surface area (Å²) in [5, 5.41) is 3.67. The molecule has 8 heteroatoms. The molecular formula is C19H19N3O4S. The third kappa shape index (κ3) is 3.90. The van der Waals surface area contributed by atoms with Gasteiger partial charge in [-0.2, -0.15) is 0 Å². The molecule has 0 saturated heterocycles. The number of hydrogen-bond acceptors (Lipinski definition) is 7. The number of carbonyl (C=O) groups excluding carboxylic acids is 3. The van der Waals surface area contributed by atoms with Gasteiger partial charge in [-0.05, 0) is 19.1 Å². The Morgan fingerprint density at radius 2 is 1.96 bits per heavy atom. The number of benzene rings is 1. The van der Waals surface area contributed by atoms with E-state index in [9.17, 15) is 14.4 Å². The first-order valence-electron chi connectivity index (χ1n) is 8.49. The second-order valence-electron chi connectivity index (χ2n) is 5.78. The summed E-state index contributed by atoms with van der Waals surface area (Å²) < 4.78 is 5.01. The first kappa shape index (κ1) is 18.8. The van der Waals surface area contributed by atoms with Gasteiger partial charge >= 0.3 is 5.97 Å². The standard InChI is InChI=1S/C19H19N3O4S/c1-3-9-20-19-21-14(15(27-19)10-16(23)26-4-2)11-22-17(24)12-7-5-6-8-13(12)18(22)25/h3,5-8H,1,4,9-11H2,2H3,(H,20,21). The molecule has 0 saturated carbocycles. The number of imide groups is 1. The van der Waals surface area contributed by atoms with Crippen molar-refractivity contribution >= 4 is 34.3 Å². The van der Waals surface area contributed by atoms with Gasteiger partial charge in [0.1, 0.15) is 0 Å². The highest BCUT2D eigenvalue weighted by Crippen LogP contribution is 2.29. The Kier molecular flexibility index (Phi) is 5.66. The summed E-state index contributed by atoms with van der Waals surface area (Å²) in [5.41, 5.74) is 1.28. The third-order valence-electron chi connectivity index (χ3n) is 3.97. The van der Waals surface area contributed by atoms with Crippen molar-refractivity contribution < 1.29 is 19.1 Å². The van der Waals surface area contributed by atoms with Crippen LogP contribution in [0.4, 0.5) is 5.13 Å². The molecule has 140 valence electrons. The van der Waals surface area contributed by atoms with E-state index in [1.54, 1.807) is 37.3 Å². The smallest absolute Gasteiger partial charge is 0.311 e. The van der Waals surface area contributed by atoms with Crippen LogP contribution in [0.1, 0.15) is 38.2 Å². The van der Waals surface area contributed by atoms with Gasteiger partial charge in [0, 0.05) is 11.4 Å². The molecule has 0 spiro atoms. The van der Waals surface area contributed by atoms with Crippen LogP contribution in [0, 0.1) is 0 Å². The first-order valence-corrected chi connectivity index (χ1v) is 9.31. The van der Waals surface area contributed by atoms with E-state index in [2.05, 4.69) is 16.9 Å². The molecule has 27 heavy (non-hydrogen) atoms. The van der Waals surface area contributed by atoms with Crippen LogP contribution in [0.15, 0.2) is 36.9 Å². The Labute approximate surface area is 160 Å². The monoisotopic (exact) mass is 385 g/mol. The lowest BCUT2D eigenvalue weighted by atomic mass is 10.1. The van der Waals surface area contributed by atoms with Crippen molar-refractivity contribution in [2.45, 2.75) is 19.9 Å². The lowest BCUT2D eigenvalue weighted by Crippen LogP contribution is -2.29. The summed E-state index contributed by atoms with van der Waals surface area (Å²) >= 11 is 1.30. The SMILES string of the molecule is C=CCNc1nc(CN2C(=O)c3ccccc3C2=O)c(CC(=O)OCC)s1. The molecular weight excluding hydrogens is 366 g/mol. The number of thiazole rings is 1. The number of ether oxygens (including phenoxy) is 1. The normalized spacial score (nSPS) is 12.9. The fraction of sp³-hybridized carbons (Fsp3) is 0.263. The number of aromatic nitrogens is 1. The van der Waals surface area contributed by atoms with E-state index in [0.29, 0.717) is 33.4 Å². The highest BCUT2D eigenvalue weighted by molar-refractivity contribution is 7.15. The van der Waals surface area contributed by atoms with E-state index in [1.807, 2.05) is 0 Å². The molecule has 0 fully saturated rings. The Morgan fingerprint density at radius 3 is 2.56 bits per heavy atom. The van der Waals surface area contributed by atoms with Crippen LogP contribution in [0.2, 0.25) is 0 Å². The molecule has 1 aromatic carbocycles. The maximum Gasteiger partial charge on any atom is 0.311 e. The van der Waals surface area contributed by atoms with Gasteiger partial charge in [0.15, 0.2) is 5.13 Å². The average Bonchev–Trinajstić information content (AvgIpc) is 3.14. The molecule has 2 heterocycles. The van der Waals surface area contributed by atoms with Crippen LogP contribution in [-0.2, 0) is 22.5 Å². The topological polar surface area (TPSA) is 88.6 Å². The van der Waals surface area contributed by atoms with Crippen molar-refractivity contribution in [2.24, 2.45) is 0 Å². The number of anilines is 1. The molecule has 1 aliphatic heterocycles. The Balaban J connectivity index is 1.86. The number of carbonyl (C=O) groups is 3. The molecule has 0 unspecified atom stereocenters. The molecule has 0 radical (unpaired) electrons. The number of nitrogens with one attached hydrogen (secondary N) is 1. The van der Waals surface area contributed by atoms with Crippen molar-refractivity contribution in [2.75, 3.05) is 18.5 Å². The predicted octanol–water partition coefficient (Wildman–Crippen LogP) is 2.64. The van der Waals surface area contributed by atoms with Gasteiger partial charge in [-0.3, -0.25) is 19.3 Å². The second kappa shape index (κ2) is 8.13. The van der Waals surface area contributed by atoms with Crippen LogP contribution in [0.25, 0.3) is 0 Å². The van der Waals surface area contributed by atoms with E-state index in [4.69, 9.17) is 4.74 Å². The maximum atomic E-state index is 12.6. The van der Waals surface area contributed by atoms with E-state index < -0.39 is 0 Å². The van der Waals surface area contributed by atoms with Crippen molar-refractivity contribution in [3.63, 3.8) is 0 Å². The van der Waals surface area contributed by atoms with Gasteiger partial charge < -0.3 is 10.1 Å². The lowest BCUT2D eigenvalue weighted by Gasteiger charge is -2.13. The fourth-order valence-electron chi connectivity index (χ4n) is 2.76. The maximum absolute atomic E-state index is 12.6. The molecule has 7 nitrogen and oxygen atoms in total. The van der Waals surface area contributed by atoms with Gasteiger partial charge in [-0.1, -0.05) is 18.2 Å². The largest absolute Gasteiger partial charge is 0.466 e. The summed E-state index contributed by atoms with van der Waals surface area (Å²) in [6.07, 6.45) is 1.73. The highest BCUT2D eigenvalue weighted by atomic mass is 32.1. The van der Waals surface area contributed by atoms with Crippen molar-refractivity contribution in [1.82, 2.24) is 9.88 Å².